The van der Waals surface area contributed by atoms with Crippen LogP contribution in [0.3, 0.4) is 0 Å². The van der Waals surface area contributed by atoms with E-state index < -0.39 is 10.8 Å². The summed E-state index contributed by atoms with van der Waals surface area (Å²) in [6, 6.07) is 4.28. The second kappa shape index (κ2) is 5.13. The molecule has 0 bridgehead atoms. The van der Waals surface area contributed by atoms with Crippen molar-refractivity contribution in [2.24, 2.45) is 0 Å². The second-order valence-corrected chi connectivity index (χ2v) is 5.66. The summed E-state index contributed by atoms with van der Waals surface area (Å²) in [5.74, 6) is -0.0840. The van der Waals surface area contributed by atoms with E-state index in [0.717, 1.165) is 18.5 Å². The van der Waals surface area contributed by atoms with Crippen molar-refractivity contribution in [2.45, 2.75) is 18.8 Å². The normalized spacial score (nSPS) is 13.9. The predicted molar refractivity (Wildman–Crippen MR) is 79.6 cm³/mol. The van der Waals surface area contributed by atoms with Crippen molar-refractivity contribution in [1.82, 2.24) is 4.98 Å². The number of nitro benzene ring substituents is 1. The van der Waals surface area contributed by atoms with Gasteiger partial charge in [0.05, 0.1) is 10.6 Å². The Morgan fingerprint density at radius 1 is 1.48 bits per heavy atom. The van der Waals surface area contributed by atoms with Crippen LogP contribution in [0, 0.1) is 10.1 Å². The van der Waals surface area contributed by atoms with Gasteiger partial charge in [-0.25, -0.2) is 4.98 Å². The lowest BCUT2D eigenvalue weighted by atomic mass is 10.1. The van der Waals surface area contributed by atoms with Gasteiger partial charge in [-0.3, -0.25) is 20.2 Å². The molecule has 1 heterocycles. The molecule has 0 atom stereocenters. The Kier molecular flexibility index (Phi) is 3.30. The fourth-order valence-corrected chi connectivity index (χ4v) is 2.81. The largest absolute Gasteiger partial charge is 0.393 e. The number of benzene rings is 1. The maximum atomic E-state index is 12.2. The number of hydrogen-bond acceptors (Lipinski definition) is 6. The number of hydrogen-bond donors (Lipinski definition) is 2. The van der Waals surface area contributed by atoms with Crippen molar-refractivity contribution in [3.63, 3.8) is 0 Å². The second-order valence-electron chi connectivity index (χ2n) is 4.81. The summed E-state index contributed by atoms with van der Waals surface area (Å²) in [7, 11) is 0. The highest BCUT2D eigenvalue weighted by molar-refractivity contribution is 7.14. The molecule has 2 aromatic rings. The third-order valence-electron chi connectivity index (χ3n) is 3.23. The van der Waals surface area contributed by atoms with Crippen molar-refractivity contribution in [3.05, 3.63) is 45.0 Å². The third kappa shape index (κ3) is 2.70. The van der Waals surface area contributed by atoms with Gasteiger partial charge >= 0.3 is 5.69 Å². The summed E-state index contributed by atoms with van der Waals surface area (Å²) in [5, 5.41) is 16.0. The van der Waals surface area contributed by atoms with Crippen LogP contribution < -0.4 is 11.1 Å². The highest BCUT2D eigenvalue weighted by Gasteiger charge is 2.27. The molecular weight excluding hydrogens is 292 g/mol. The van der Waals surface area contributed by atoms with Gasteiger partial charge in [-0.1, -0.05) is 6.07 Å². The predicted octanol–water partition coefficient (Wildman–Crippen LogP) is 2.76. The molecule has 3 N–H and O–H groups in total. The fourth-order valence-electron chi connectivity index (χ4n) is 2.02. The van der Waals surface area contributed by atoms with E-state index in [1.807, 2.05) is 5.38 Å². The van der Waals surface area contributed by atoms with E-state index >= 15 is 0 Å². The van der Waals surface area contributed by atoms with Gasteiger partial charge in [0.1, 0.15) is 11.3 Å². The molecule has 1 aromatic heterocycles. The number of carbonyl (C=O) groups excluding carboxylic acids is 1. The third-order valence-corrected chi connectivity index (χ3v) is 4.01. The Labute approximate surface area is 124 Å². The zero-order valence-corrected chi connectivity index (χ0v) is 11.7. The molecule has 1 aliphatic rings. The van der Waals surface area contributed by atoms with Gasteiger partial charge in [-0.2, -0.15) is 0 Å². The highest BCUT2D eigenvalue weighted by atomic mass is 32.1. The van der Waals surface area contributed by atoms with Gasteiger partial charge in [0.25, 0.3) is 5.91 Å². The van der Waals surface area contributed by atoms with Crippen LogP contribution in [-0.4, -0.2) is 15.8 Å². The van der Waals surface area contributed by atoms with Crippen molar-refractivity contribution < 1.29 is 9.72 Å². The van der Waals surface area contributed by atoms with E-state index in [2.05, 4.69) is 10.3 Å². The molecule has 1 aromatic carbocycles. The van der Waals surface area contributed by atoms with Crippen LogP contribution in [0.15, 0.2) is 23.6 Å². The summed E-state index contributed by atoms with van der Waals surface area (Å²) < 4.78 is 0. The van der Waals surface area contributed by atoms with Crippen LogP contribution in [0.4, 0.5) is 16.5 Å². The van der Waals surface area contributed by atoms with Gasteiger partial charge < -0.3 is 5.73 Å². The summed E-state index contributed by atoms with van der Waals surface area (Å²) >= 11 is 1.32. The summed E-state index contributed by atoms with van der Waals surface area (Å²) in [5.41, 5.74) is 6.06. The van der Waals surface area contributed by atoms with Crippen LogP contribution in [-0.2, 0) is 0 Å². The lowest BCUT2D eigenvalue weighted by Crippen LogP contribution is -2.14. The monoisotopic (exact) mass is 304 g/mol. The maximum Gasteiger partial charge on any atom is 0.304 e. The number of aromatic nitrogens is 1. The SMILES string of the molecule is Nc1cccc(C(=O)Nc2nc(C3CC3)cs2)c1[N+](=O)[O-]. The minimum atomic E-state index is -0.651. The number of nitrogens with zero attached hydrogens (tertiary/aromatic N) is 2. The Morgan fingerprint density at radius 2 is 2.24 bits per heavy atom. The molecule has 1 aliphatic carbocycles. The molecule has 1 fully saturated rings. The molecule has 0 aliphatic heterocycles. The van der Waals surface area contributed by atoms with E-state index in [-0.39, 0.29) is 16.9 Å². The molecule has 3 rings (SSSR count). The number of carbonyl (C=O) groups is 1. The smallest absolute Gasteiger partial charge is 0.304 e. The number of nitrogen functional groups attached to an aromatic ring is 1. The number of amides is 1. The van der Waals surface area contributed by atoms with Gasteiger partial charge in [0.2, 0.25) is 0 Å². The van der Waals surface area contributed by atoms with Gasteiger partial charge in [0.15, 0.2) is 5.13 Å². The quantitative estimate of drug-likeness (QED) is 0.512. The van der Waals surface area contributed by atoms with Crippen LogP contribution >= 0.6 is 11.3 Å². The van der Waals surface area contributed by atoms with Gasteiger partial charge in [-0.05, 0) is 25.0 Å². The number of rotatable bonds is 4. The molecule has 108 valence electrons. The fraction of sp³-hybridized carbons (Fsp3) is 0.231. The molecule has 21 heavy (non-hydrogen) atoms. The summed E-state index contributed by atoms with van der Waals surface area (Å²) in [6.07, 6.45) is 2.25. The molecule has 1 saturated carbocycles. The Hall–Kier alpha value is -2.48. The minimum absolute atomic E-state index is 0.0366. The Morgan fingerprint density at radius 3 is 2.90 bits per heavy atom. The molecule has 1 amide bonds. The number of thiazole rings is 1. The molecule has 0 spiro atoms. The lowest BCUT2D eigenvalue weighted by molar-refractivity contribution is -0.384. The van der Waals surface area contributed by atoms with Crippen molar-refractivity contribution in [3.8, 4) is 0 Å². The van der Waals surface area contributed by atoms with Crippen molar-refractivity contribution in [2.75, 3.05) is 11.1 Å². The zero-order chi connectivity index (χ0) is 15.0. The van der Waals surface area contributed by atoms with Gasteiger partial charge in [-0.15, -0.1) is 11.3 Å². The number of nitrogens with two attached hydrogens (primary N) is 1. The van der Waals surface area contributed by atoms with E-state index in [4.69, 9.17) is 5.73 Å². The van der Waals surface area contributed by atoms with Crippen LogP contribution in [0.25, 0.3) is 0 Å². The lowest BCUT2D eigenvalue weighted by Gasteiger charge is -2.04. The first-order valence-electron chi connectivity index (χ1n) is 6.36. The van der Waals surface area contributed by atoms with Crippen LogP contribution in [0.2, 0.25) is 0 Å². The summed E-state index contributed by atoms with van der Waals surface area (Å²) in [6.45, 7) is 0. The first-order valence-corrected chi connectivity index (χ1v) is 7.24. The van der Waals surface area contributed by atoms with E-state index in [9.17, 15) is 14.9 Å². The molecular formula is C13H12N4O3S. The standard InChI is InChI=1S/C13H12N4O3S/c14-9-3-1-2-8(11(9)17(19)20)12(18)16-13-15-10(6-21-13)7-4-5-7/h1-3,6-7H,4-5,14H2,(H,15,16,18). The zero-order valence-electron chi connectivity index (χ0n) is 10.9. The number of anilines is 2. The van der Waals surface area contributed by atoms with E-state index in [1.165, 1.54) is 29.5 Å². The number of nitro groups is 1. The van der Waals surface area contributed by atoms with Gasteiger partial charge in [0, 0.05) is 11.3 Å². The highest BCUT2D eigenvalue weighted by Crippen LogP contribution is 2.41. The average Bonchev–Trinajstić information content (AvgIpc) is 3.19. The Balaban J connectivity index is 1.84. The first-order chi connectivity index (χ1) is 10.1. The van der Waals surface area contributed by atoms with Crippen LogP contribution in [0.1, 0.15) is 34.8 Å². The topological polar surface area (TPSA) is 111 Å². The molecule has 0 saturated heterocycles. The van der Waals surface area contributed by atoms with Crippen LogP contribution in [0.5, 0.6) is 0 Å². The molecule has 7 nitrogen and oxygen atoms in total. The number of para-hydroxylation sites is 1. The van der Waals surface area contributed by atoms with Crippen molar-refractivity contribution >= 4 is 33.8 Å². The average molecular weight is 304 g/mol. The first kappa shape index (κ1) is 13.5. The van der Waals surface area contributed by atoms with E-state index in [0.29, 0.717) is 11.0 Å². The number of nitrogens with one attached hydrogen (secondary N) is 1. The Bertz CT molecular complexity index is 724. The summed E-state index contributed by atoms with van der Waals surface area (Å²) in [4.78, 5) is 26.9. The maximum absolute atomic E-state index is 12.2. The van der Waals surface area contributed by atoms with E-state index in [1.54, 1.807) is 0 Å². The molecule has 8 heteroatoms. The molecule has 0 radical (unpaired) electrons. The minimum Gasteiger partial charge on any atom is -0.393 e. The molecule has 0 unspecified atom stereocenters. The van der Waals surface area contributed by atoms with Crippen molar-refractivity contribution in [1.29, 1.82) is 0 Å².